The van der Waals surface area contributed by atoms with E-state index in [1.54, 1.807) is 0 Å². The van der Waals surface area contributed by atoms with Gasteiger partial charge in [0, 0.05) is 6.42 Å². The van der Waals surface area contributed by atoms with Gasteiger partial charge in [0.05, 0.1) is 24.0 Å². The van der Waals surface area contributed by atoms with Crippen molar-refractivity contribution in [3.8, 4) is 6.07 Å². The average Bonchev–Trinajstić information content (AvgIpc) is 1.80. The van der Waals surface area contributed by atoms with Crippen LogP contribution >= 0.6 is 0 Å². The smallest absolute Gasteiger partial charge is 0.0842 e. The summed E-state index contributed by atoms with van der Waals surface area (Å²) >= 11 is -2.43. The molecule has 4 nitrogen and oxygen atoms in total. The molecule has 0 aromatic carbocycles. The zero-order valence-electron chi connectivity index (χ0n) is 4.70. The topological polar surface area (TPSA) is 73.1 Å². The molecule has 52 valence electrons. The second-order valence-corrected chi connectivity index (χ2v) is 1.93. The van der Waals surface area contributed by atoms with Gasteiger partial charge in [0.2, 0.25) is 0 Å². The second-order valence-electron chi connectivity index (χ2n) is 1.29. The highest BCUT2D eigenvalue weighted by molar-refractivity contribution is 7.74. The summed E-state index contributed by atoms with van der Waals surface area (Å²) < 4.78 is 23.4. The van der Waals surface area contributed by atoms with E-state index in [-0.39, 0.29) is 6.61 Å². The first-order valence-corrected chi connectivity index (χ1v) is 3.37. The Kier molecular flexibility index (Phi) is 5.41. The van der Waals surface area contributed by atoms with Gasteiger partial charge in [0.15, 0.2) is 0 Å². The van der Waals surface area contributed by atoms with Gasteiger partial charge in [-0.05, 0) is 6.42 Å². The van der Waals surface area contributed by atoms with Gasteiger partial charge in [0.25, 0.3) is 0 Å². The average molecular weight is 148 g/mol. The van der Waals surface area contributed by atoms with E-state index >= 15 is 0 Å². The van der Waals surface area contributed by atoms with Gasteiger partial charge in [0.1, 0.15) is 0 Å². The lowest BCUT2D eigenvalue weighted by Gasteiger charge is -2.02. The minimum Gasteiger partial charge on any atom is -0.750 e. The molecular weight excluding hydrogens is 142 g/mol. The maximum Gasteiger partial charge on any atom is 0.0842 e. The summed E-state index contributed by atoms with van der Waals surface area (Å²) in [6.07, 6.45) is 0.793. The fourth-order valence-electron chi connectivity index (χ4n) is 0.278. The Morgan fingerprint density at radius 2 is 2.44 bits per heavy atom. The highest BCUT2D eigenvalue weighted by Gasteiger charge is 1.85. The Labute approximate surface area is 55.9 Å². The van der Waals surface area contributed by atoms with Crippen LogP contribution in [0.2, 0.25) is 0 Å². The zero-order valence-corrected chi connectivity index (χ0v) is 5.52. The van der Waals surface area contributed by atoms with E-state index in [1.165, 1.54) is 0 Å². The Morgan fingerprint density at radius 3 is 2.89 bits per heavy atom. The number of nitriles is 1. The number of unbranched alkanes of at least 4 members (excludes halogenated alkanes) is 1. The summed E-state index contributed by atoms with van der Waals surface area (Å²) in [5.41, 5.74) is 0. The summed E-state index contributed by atoms with van der Waals surface area (Å²) in [5, 5.41) is 7.97. The van der Waals surface area contributed by atoms with Crippen LogP contribution in [-0.2, 0) is 15.5 Å². The van der Waals surface area contributed by atoms with Crippen LogP contribution in [0.4, 0.5) is 0 Å². The first kappa shape index (κ1) is 8.56. The molecule has 9 heavy (non-hydrogen) atoms. The number of hydrogen-bond acceptors (Lipinski definition) is 4. The molecule has 1 atom stereocenters. The van der Waals surface area contributed by atoms with Crippen LogP contribution in [0, 0.1) is 11.3 Å². The van der Waals surface area contributed by atoms with Gasteiger partial charge < -0.3 is 8.74 Å². The molecule has 0 aromatic heterocycles. The molecule has 0 aliphatic heterocycles. The molecule has 5 heteroatoms. The molecule has 0 saturated heterocycles. The SMILES string of the molecule is N#CCCCOS(=O)[O-]. The lowest BCUT2D eigenvalue weighted by Crippen LogP contribution is -1.96. The maximum absolute atomic E-state index is 9.66. The van der Waals surface area contributed by atoms with E-state index < -0.39 is 11.4 Å². The highest BCUT2D eigenvalue weighted by Crippen LogP contribution is 1.88. The Hall–Kier alpha value is -0.440. The van der Waals surface area contributed by atoms with E-state index in [0.29, 0.717) is 12.8 Å². The largest absolute Gasteiger partial charge is 0.750 e. The van der Waals surface area contributed by atoms with Crippen LogP contribution in [0.1, 0.15) is 12.8 Å². The maximum atomic E-state index is 9.66. The molecule has 0 heterocycles. The van der Waals surface area contributed by atoms with Gasteiger partial charge in [-0.1, -0.05) is 0 Å². The van der Waals surface area contributed by atoms with Crippen LogP contribution in [-0.4, -0.2) is 15.4 Å². The molecule has 0 spiro atoms. The summed E-state index contributed by atoms with van der Waals surface area (Å²) in [6.45, 7) is 0.101. The molecule has 0 fully saturated rings. The number of rotatable bonds is 4. The molecule has 0 bridgehead atoms. The predicted octanol–water partition coefficient (Wildman–Crippen LogP) is 0.101. The van der Waals surface area contributed by atoms with Gasteiger partial charge in [-0.25, -0.2) is 4.21 Å². The third kappa shape index (κ3) is 7.56. The van der Waals surface area contributed by atoms with Gasteiger partial charge in [-0.15, -0.1) is 0 Å². The Bertz CT molecular complexity index is 130. The standard InChI is InChI=1S/C4H7NO3S/c5-3-1-2-4-8-9(6)7/h1-2,4H2,(H,6,7)/p-1. The van der Waals surface area contributed by atoms with Gasteiger partial charge >= 0.3 is 0 Å². The third-order valence-corrected chi connectivity index (χ3v) is 0.972. The highest BCUT2D eigenvalue weighted by atomic mass is 32.2. The third-order valence-electron chi connectivity index (χ3n) is 0.612. The van der Waals surface area contributed by atoms with Crippen LogP contribution in [0.5, 0.6) is 0 Å². The van der Waals surface area contributed by atoms with Crippen molar-refractivity contribution in [3.05, 3.63) is 0 Å². The van der Waals surface area contributed by atoms with Crippen molar-refractivity contribution in [1.29, 1.82) is 5.26 Å². The summed E-state index contributed by atoms with van der Waals surface area (Å²) in [6, 6.07) is 1.86. The molecule has 0 amide bonds. The zero-order chi connectivity index (χ0) is 7.11. The minimum atomic E-state index is -2.43. The monoisotopic (exact) mass is 148 g/mol. The van der Waals surface area contributed by atoms with Crippen molar-refractivity contribution in [2.45, 2.75) is 12.8 Å². The van der Waals surface area contributed by atoms with Crippen molar-refractivity contribution in [1.82, 2.24) is 0 Å². The molecule has 0 aliphatic rings. The van der Waals surface area contributed by atoms with Crippen LogP contribution < -0.4 is 0 Å². The van der Waals surface area contributed by atoms with Crippen molar-refractivity contribution in [2.24, 2.45) is 0 Å². The Morgan fingerprint density at radius 1 is 1.78 bits per heavy atom. The fraction of sp³-hybridized carbons (Fsp3) is 0.750. The summed E-state index contributed by atoms with van der Waals surface area (Å²) in [5.74, 6) is 0. The fourth-order valence-corrected chi connectivity index (χ4v) is 0.532. The van der Waals surface area contributed by atoms with E-state index in [9.17, 15) is 8.76 Å². The minimum absolute atomic E-state index is 0.101. The van der Waals surface area contributed by atoms with E-state index in [1.807, 2.05) is 6.07 Å². The van der Waals surface area contributed by atoms with Crippen LogP contribution in [0.15, 0.2) is 0 Å². The van der Waals surface area contributed by atoms with Crippen molar-refractivity contribution in [2.75, 3.05) is 6.61 Å². The first-order chi connectivity index (χ1) is 4.27. The number of hydrogen-bond donors (Lipinski definition) is 0. The molecular formula is C4H6NO3S-. The van der Waals surface area contributed by atoms with E-state index in [2.05, 4.69) is 4.18 Å². The van der Waals surface area contributed by atoms with Gasteiger partial charge in [-0.2, -0.15) is 5.26 Å². The number of nitrogens with zero attached hydrogens (tertiary/aromatic N) is 1. The molecule has 0 aromatic rings. The quantitative estimate of drug-likeness (QED) is 0.418. The molecule has 0 N–H and O–H groups in total. The van der Waals surface area contributed by atoms with Crippen LogP contribution in [0.25, 0.3) is 0 Å². The molecule has 0 radical (unpaired) electrons. The Balaban J connectivity index is 2.94. The summed E-state index contributed by atoms with van der Waals surface area (Å²) in [7, 11) is 0. The lowest BCUT2D eigenvalue weighted by atomic mass is 10.4. The second kappa shape index (κ2) is 5.69. The van der Waals surface area contributed by atoms with E-state index in [0.717, 1.165) is 0 Å². The van der Waals surface area contributed by atoms with Crippen LogP contribution in [0.3, 0.4) is 0 Å². The lowest BCUT2D eigenvalue weighted by molar-refractivity contribution is 0.297. The van der Waals surface area contributed by atoms with Crippen molar-refractivity contribution >= 4 is 11.4 Å². The summed E-state index contributed by atoms with van der Waals surface area (Å²) in [4.78, 5) is 0. The molecule has 1 unspecified atom stereocenters. The normalized spacial score (nSPS) is 12.4. The van der Waals surface area contributed by atoms with Gasteiger partial charge in [-0.3, -0.25) is 0 Å². The van der Waals surface area contributed by atoms with E-state index in [4.69, 9.17) is 5.26 Å². The molecule has 0 aliphatic carbocycles. The predicted molar refractivity (Wildman–Crippen MR) is 29.7 cm³/mol. The first-order valence-electron chi connectivity index (χ1n) is 2.37. The molecule has 0 saturated carbocycles. The van der Waals surface area contributed by atoms with Crippen molar-refractivity contribution in [3.63, 3.8) is 0 Å². The molecule has 0 rings (SSSR count). The van der Waals surface area contributed by atoms with Crippen molar-refractivity contribution < 1.29 is 12.9 Å².